The number of hydrogen-bond acceptors (Lipinski definition) is 5. The number of amides is 3. The van der Waals surface area contributed by atoms with Crippen LogP contribution in [0.4, 0.5) is 5.69 Å². The SMILES string of the molecule is [C-]#[N+]c1ccc(CN(C)[C@@H]2CCCC[C@H]2Oc2ccc3c(c2)CN(C2CCC(=O)NC2=O)C3=O)cc1. The number of hydrogen-bond donors (Lipinski definition) is 1. The number of likely N-dealkylation sites (N-methyl/N-ethyl adjacent to an activating group) is 1. The van der Waals surface area contributed by atoms with Gasteiger partial charge in [-0.2, -0.15) is 0 Å². The number of nitrogens with one attached hydrogen (secondary N) is 1. The van der Waals surface area contributed by atoms with Crippen molar-refractivity contribution < 1.29 is 19.1 Å². The van der Waals surface area contributed by atoms with Gasteiger partial charge in [0.05, 0.1) is 6.57 Å². The van der Waals surface area contributed by atoms with Crippen LogP contribution in [-0.2, 0) is 22.7 Å². The number of rotatable bonds is 6. The summed E-state index contributed by atoms with van der Waals surface area (Å²) in [7, 11) is 2.12. The van der Waals surface area contributed by atoms with Gasteiger partial charge in [-0.1, -0.05) is 30.7 Å². The minimum Gasteiger partial charge on any atom is -0.489 e. The second-order valence-corrected chi connectivity index (χ2v) is 9.92. The van der Waals surface area contributed by atoms with Crippen LogP contribution in [0.2, 0.25) is 0 Å². The Labute approximate surface area is 211 Å². The molecular formula is C28H30N4O4. The van der Waals surface area contributed by atoms with Crippen molar-refractivity contribution in [2.45, 2.75) is 69.8 Å². The maximum Gasteiger partial charge on any atom is 0.255 e. The van der Waals surface area contributed by atoms with Gasteiger partial charge in [0.15, 0.2) is 5.69 Å². The van der Waals surface area contributed by atoms with E-state index in [9.17, 15) is 14.4 Å². The summed E-state index contributed by atoms with van der Waals surface area (Å²) in [6.45, 7) is 8.25. The first kappa shape index (κ1) is 24.0. The van der Waals surface area contributed by atoms with Gasteiger partial charge in [-0.3, -0.25) is 24.6 Å². The molecule has 3 amide bonds. The Bertz CT molecular complexity index is 1220. The summed E-state index contributed by atoms with van der Waals surface area (Å²) in [4.78, 5) is 44.2. The Kier molecular flexibility index (Phi) is 6.75. The van der Waals surface area contributed by atoms with Gasteiger partial charge in [-0.05, 0) is 62.1 Å². The third kappa shape index (κ3) is 4.84. The third-order valence-corrected chi connectivity index (χ3v) is 7.51. The monoisotopic (exact) mass is 486 g/mol. The largest absolute Gasteiger partial charge is 0.489 e. The maximum atomic E-state index is 13.0. The van der Waals surface area contributed by atoms with E-state index in [1.165, 1.54) is 5.56 Å². The van der Waals surface area contributed by atoms with Crippen LogP contribution in [0.25, 0.3) is 4.85 Å². The standard InChI is InChI=1S/C28H30N4O4/c1-29-20-9-7-18(8-10-20)16-31(2)23-5-3-4-6-25(23)36-21-11-12-22-19(15-21)17-32(28(22)35)24-13-14-26(33)30-27(24)34/h7-12,15,23-25H,3-6,13-14,16-17H2,2H3,(H,30,33,34)/t23-,24?,25-/m1/s1. The fourth-order valence-electron chi connectivity index (χ4n) is 5.60. The Morgan fingerprint density at radius 1 is 1.08 bits per heavy atom. The molecule has 8 heteroatoms. The van der Waals surface area contributed by atoms with Crippen LogP contribution in [0.15, 0.2) is 42.5 Å². The molecule has 36 heavy (non-hydrogen) atoms. The number of ether oxygens (including phenoxy) is 1. The van der Waals surface area contributed by atoms with E-state index in [-0.39, 0.29) is 30.4 Å². The van der Waals surface area contributed by atoms with Crippen LogP contribution < -0.4 is 10.1 Å². The summed E-state index contributed by atoms with van der Waals surface area (Å²) in [5.41, 5.74) is 3.25. The zero-order valence-corrected chi connectivity index (χ0v) is 20.4. The fourth-order valence-corrected chi connectivity index (χ4v) is 5.60. The van der Waals surface area contributed by atoms with Gasteiger partial charge in [-0.25, -0.2) is 4.85 Å². The number of imide groups is 1. The summed E-state index contributed by atoms with van der Waals surface area (Å²) < 4.78 is 6.50. The van der Waals surface area contributed by atoms with Crippen LogP contribution in [-0.4, -0.2) is 52.8 Å². The van der Waals surface area contributed by atoms with Crippen molar-refractivity contribution >= 4 is 23.4 Å². The number of carbonyl (C=O) groups excluding carboxylic acids is 3. The van der Waals surface area contributed by atoms with E-state index in [2.05, 4.69) is 22.1 Å². The van der Waals surface area contributed by atoms with Gasteiger partial charge in [0.2, 0.25) is 11.8 Å². The second-order valence-electron chi connectivity index (χ2n) is 9.92. The van der Waals surface area contributed by atoms with Gasteiger partial charge < -0.3 is 9.64 Å². The van der Waals surface area contributed by atoms with Crippen LogP contribution in [0.1, 0.15) is 60.0 Å². The van der Waals surface area contributed by atoms with Gasteiger partial charge in [-0.15, -0.1) is 0 Å². The van der Waals surface area contributed by atoms with Gasteiger partial charge >= 0.3 is 0 Å². The van der Waals surface area contributed by atoms with E-state index in [4.69, 9.17) is 11.3 Å². The summed E-state index contributed by atoms with van der Waals surface area (Å²) in [5.74, 6) is -0.131. The Morgan fingerprint density at radius 3 is 2.61 bits per heavy atom. The molecule has 3 aliphatic rings. The highest BCUT2D eigenvalue weighted by molar-refractivity contribution is 6.05. The minimum atomic E-state index is -0.618. The van der Waals surface area contributed by atoms with Crippen molar-refractivity contribution in [3.8, 4) is 5.75 Å². The molecule has 2 aromatic rings. The molecule has 2 fully saturated rings. The average molecular weight is 487 g/mol. The highest BCUT2D eigenvalue weighted by Crippen LogP contribution is 2.33. The molecule has 0 aromatic heterocycles. The number of fused-ring (bicyclic) bond motifs is 1. The number of piperidine rings is 1. The molecule has 0 spiro atoms. The predicted molar refractivity (Wildman–Crippen MR) is 133 cm³/mol. The molecule has 1 N–H and O–H groups in total. The van der Waals surface area contributed by atoms with Gasteiger partial charge in [0, 0.05) is 31.1 Å². The first-order chi connectivity index (χ1) is 17.4. The van der Waals surface area contributed by atoms with Crippen LogP contribution in [0, 0.1) is 6.57 Å². The average Bonchev–Trinajstić information content (AvgIpc) is 3.20. The minimum absolute atomic E-state index is 0.0349. The maximum absolute atomic E-state index is 13.0. The molecule has 1 unspecified atom stereocenters. The smallest absolute Gasteiger partial charge is 0.255 e. The summed E-state index contributed by atoms with van der Waals surface area (Å²) in [6.07, 6.45) is 4.91. The lowest BCUT2D eigenvalue weighted by Crippen LogP contribution is -2.52. The molecule has 1 saturated heterocycles. The quantitative estimate of drug-likeness (QED) is 0.496. The zero-order chi connectivity index (χ0) is 25.2. The molecule has 1 saturated carbocycles. The summed E-state index contributed by atoms with van der Waals surface area (Å²) in [5, 5.41) is 2.34. The van der Waals surface area contributed by atoms with Crippen LogP contribution >= 0.6 is 0 Å². The normalized spacial score (nSPS) is 23.9. The molecule has 8 nitrogen and oxygen atoms in total. The van der Waals surface area contributed by atoms with Crippen LogP contribution in [0.5, 0.6) is 5.75 Å². The van der Waals surface area contributed by atoms with Crippen molar-refractivity contribution in [2.24, 2.45) is 0 Å². The lowest BCUT2D eigenvalue weighted by atomic mass is 9.91. The van der Waals surface area contributed by atoms with Gasteiger partial charge in [0.25, 0.3) is 5.91 Å². The van der Waals surface area contributed by atoms with Crippen molar-refractivity contribution in [1.82, 2.24) is 15.1 Å². The number of benzene rings is 2. The predicted octanol–water partition coefficient (Wildman–Crippen LogP) is 3.82. The zero-order valence-electron chi connectivity index (χ0n) is 20.4. The Hall–Kier alpha value is -3.70. The highest BCUT2D eigenvalue weighted by Gasteiger charge is 2.39. The molecule has 3 atom stereocenters. The van der Waals surface area contributed by atoms with E-state index < -0.39 is 11.9 Å². The molecule has 1 aliphatic carbocycles. The molecule has 0 bridgehead atoms. The lowest BCUT2D eigenvalue weighted by molar-refractivity contribution is -0.136. The Balaban J connectivity index is 1.27. The van der Waals surface area contributed by atoms with E-state index in [1.54, 1.807) is 11.0 Å². The third-order valence-electron chi connectivity index (χ3n) is 7.51. The summed E-state index contributed by atoms with van der Waals surface area (Å²) >= 11 is 0. The molecule has 2 heterocycles. The van der Waals surface area contributed by atoms with Crippen molar-refractivity contribution in [3.05, 3.63) is 70.6 Å². The Morgan fingerprint density at radius 2 is 1.86 bits per heavy atom. The highest BCUT2D eigenvalue weighted by atomic mass is 16.5. The molecule has 2 aliphatic heterocycles. The summed E-state index contributed by atoms with van der Waals surface area (Å²) in [6, 6.07) is 12.9. The van der Waals surface area contributed by atoms with Crippen molar-refractivity contribution in [3.63, 3.8) is 0 Å². The number of carbonyl (C=O) groups is 3. The first-order valence-corrected chi connectivity index (χ1v) is 12.5. The molecule has 0 radical (unpaired) electrons. The van der Waals surface area contributed by atoms with Gasteiger partial charge in [0.1, 0.15) is 17.9 Å². The van der Waals surface area contributed by atoms with E-state index in [0.717, 1.165) is 43.5 Å². The molecular weight excluding hydrogens is 456 g/mol. The molecule has 186 valence electrons. The van der Waals surface area contributed by atoms with Crippen molar-refractivity contribution in [2.75, 3.05) is 7.05 Å². The lowest BCUT2D eigenvalue weighted by Gasteiger charge is -2.38. The topological polar surface area (TPSA) is 83.3 Å². The number of nitrogens with zero attached hydrogens (tertiary/aromatic N) is 3. The second kappa shape index (κ2) is 10.1. The molecule has 5 rings (SSSR count). The molecule has 2 aromatic carbocycles. The van der Waals surface area contributed by atoms with E-state index in [0.29, 0.717) is 24.2 Å². The fraction of sp³-hybridized carbons (Fsp3) is 0.429. The van der Waals surface area contributed by atoms with E-state index >= 15 is 0 Å². The van der Waals surface area contributed by atoms with Crippen LogP contribution in [0.3, 0.4) is 0 Å². The first-order valence-electron chi connectivity index (χ1n) is 12.5. The van der Waals surface area contributed by atoms with Crippen molar-refractivity contribution in [1.29, 1.82) is 0 Å². The van der Waals surface area contributed by atoms with E-state index in [1.807, 2.05) is 36.4 Å².